The third kappa shape index (κ3) is 3.28. The van der Waals surface area contributed by atoms with Gasteiger partial charge in [-0.15, -0.1) is 0 Å². The van der Waals surface area contributed by atoms with Crippen LogP contribution in [0.4, 0.5) is 11.6 Å². The van der Waals surface area contributed by atoms with Crippen molar-refractivity contribution in [2.45, 2.75) is 39.0 Å². The van der Waals surface area contributed by atoms with Crippen LogP contribution in [0.25, 0.3) is 0 Å². The lowest BCUT2D eigenvalue weighted by Gasteiger charge is -2.08. The van der Waals surface area contributed by atoms with Crippen LogP contribution in [0.15, 0.2) is 4.63 Å². The highest BCUT2D eigenvalue weighted by molar-refractivity contribution is 5.96. The van der Waals surface area contributed by atoms with Gasteiger partial charge >= 0.3 is 0 Å². The minimum Gasteiger partial charge on any atom is -0.305 e. The van der Waals surface area contributed by atoms with E-state index in [0.717, 1.165) is 12.8 Å². The second-order valence-corrected chi connectivity index (χ2v) is 4.55. The number of rotatable bonds is 4. The number of nitrogens with one attached hydrogen (secondary N) is 2. The first kappa shape index (κ1) is 12.5. The zero-order chi connectivity index (χ0) is 13.0. The minimum absolute atomic E-state index is 0.121. The number of hydrogen-bond acceptors (Lipinski definition) is 5. The highest BCUT2D eigenvalue weighted by atomic mass is 16.6. The first-order valence-electron chi connectivity index (χ1n) is 6.05. The van der Waals surface area contributed by atoms with Crippen molar-refractivity contribution in [1.29, 1.82) is 0 Å². The smallest absolute Gasteiger partial charge is 0.225 e. The standard InChI is InChI=1S/C11H16N4O3/c1-7(16)12-10-11(15-18-14-10)13-9(17)6-8-4-2-3-5-8/h8H,2-6H2,1H3,(H,12,14,16)(H,13,15,17). The molecule has 7 heteroatoms. The fraction of sp³-hybridized carbons (Fsp3) is 0.636. The van der Waals surface area contributed by atoms with E-state index in [1.807, 2.05) is 0 Å². The van der Waals surface area contributed by atoms with Crippen molar-refractivity contribution < 1.29 is 14.2 Å². The Bertz CT molecular complexity index is 437. The lowest BCUT2D eigenvalue weighted by Crippen LogP contribution is -2.17. The maximum absolute atomic E-state index is 11.8. The van der Waals surface area contributed by atoms with Crippen LogP contribution in [-0.4, -0.2) is 22.1 Å². The Labute approximate surface area is 104 Å². The van der Waals surface area contributed by atoms with Crippen molar-refractivity contribution in [3.63, 3.8) is 0 Å². The van der Waals surface area contributed by atoms with Gasteiger partial charge in [-0.1, -0.05) is 12.8 Å². The Morgan fingerprint density at radius 3 is 2.44 bits per heavy atom. The molecule has 0 aromatic carbocycles. The molecule has 1 aliphatic rings. The van der Waals surface area contributed by atoms with Crippen molar-refractivity contribution in [3.8, 4) is 0 Å². The van der Waals surface area contributed by atoms with Gasteiger partial charge in [0.1, 0.15) is 0 Å². The number of anilines is 2. The van der Waals surface area contributed by atoms with E-state index in [2.05, 4.69) is 25.6 Å². The molecule has 0 aliphatic heterocycles. The van der Waals surface area contributed by atoms with E-state index >= 15 is 0 Å². The molecule has 1 aromatic heterocycles. The quantitative estimate of drug-likeness (QED) is 0.847. The van der Waals surface area contributed by atoms with Crippen LogP contribution in [0.1, 0.15) is 39.0 Å². The number of nitrogens with zero attached hydrogens (tertiary/aromatic N) is 2. The fourth-order valence-corrected chi connectivity index (χ4v) is 2.18. The first-order chi connectivity index (χ1) is 8.65. The van der Waals surface area contributed by atoms with Crippen LogP contribution in [0.2, 0.25) is 0 Å². The average molecular weight is 252 g/mol. The molecule has 0 unspecified atom stereocenters. The van der Waals surface area contributed by atoms with E-state index < -0.39 is 0 Å². The van der Waals surface area contributed by atoms with Gasteiger partial charge in [-0.05, 0) is 29.1 Å². The van der Waals surface area contributed by atoms with Crippen molar-refractivity contribution in [2.24, 2.45) is 5.92 Å². The molecular weight excluding hydrogens is 236 g/mol. The zero-order valence-corrected chi connectivity index (χ0v) is 10.2. The average Bonchev–Trinajstić information content (AvgIpc) is 2.91. The molecule has 0 bridgehead atoms. The van der Waals surface area contributed by atoms with Crippen molar-refractivity contribution in [1.82, 2.24) is 10.3 Å². The van der Waals surface area contributed by atoms with E-state index in [-0.39, 0.29) is 23.5 Å². The maximum Gasteiger partial charge on any atom is 0.225 e. The summed E-state index contributed by atoms with van der Waals surface area (Å²) in [6.45, 7) is 1.35. The van der Waals surface area contributed by atoms with Crippen LogP contribution >= 0.6 is 0 Å². The lowest BCUT2D eigenvalue weighted by atomic mass is 10.0. The van der Waals surface area contributed by atoms with Gasteiger partial charge < -0.3 is 10.6 Å². The van der Waals surface area contributed by atoms with E-state index in [0.29, 0.717) is 12.3 Å². The van der Waals surface area contributed by atoms with E-state index in [9.17, 15) is 9.59 Å². The molecule has 7 nitrogen and oxygen atoms in total. The van der Waals surface area contributed by atoms with Gasteiger partial charge in [0, 0.05) is 13.3 Å². The van der Waals surface area contributed by atoms with Gasteiger partial charge in [-0.3, -0.25) is 9.59 Å². The summed E-state index contributed by atoms with van der Waals surface area (Å²) in [4.78, 5) is 22.7. The van der Waals surface area contributed by atoms with E-state index in [4.69, 9.17) is 0 Å². The van der Waals surface area contributed by atoms with Crippen LogP contribution in [-0.2, 0) is 9.59 Å². The van der Waals surface area contributed by atoms with Gasteiger partial charge in [0.2, 0.25) is 23.5 Å². The van der Waals surface area contributed by atoms with Gasteiger partial charge in [-0.2, -0.15) is 0 Å². The molecule has 1 saturated carbocycles. The summed E-state index contributed by atoms with van der Waals surface area (Å²) in [7, 11) is 0. The predicted molar refractivity (Wildman–Crippen MR) is 63.8 cm³/mol. The van der Waals surface area contributed by atoms with Gasteiger partial charge in [0.25, 0.3) is 0 Å². The van der Waals surface area contributed by atoms with Crippen molar-refractivity contribution in [2.75, 3.05) is 10.6 Å². The summed E-state index contributed by atoms with van der Waals surface area (Å²) in [6, 6.07) is 0. The maximum atomic E-state index is 11.8. The molecule has 2 rings (SSSR count). The van der Waals surface area contributed by atoms with Crippen LogP contribution in [0, 0.1) is 5.92 Å². The summed E-state index contributed by atoms with van der Waals surface area (Å²) >= 11 is 0. The van der Waals surface area contributed by atoms with Gasteiger partial charge in [-0.25, -0.2) is 4.63 Å². The molecule has 0 saturated heterocycles. The fourth-order valence-electron chi connectivity index (χ4n) is 2.18. The summed E-state index contributed by atoms with van der Waals surface area (Å²) in [5.74, 6) is 0.339. The van der Waals surface area contributed by atoms with Crippen molar-refractivity contribution >= 4 is 23.5 Å². The molecule has 1 aliphatic carbocycles. The zero-order valence-electron chi connectivity index (χ0n) is 10.2. The number of amides is 2. The first-order valence-corrected chi connectivity index (χ1v) is 6.05. The topological polar surface area (TPSA) is 97.1 Å². The molecule has 0 radical (unpaired) electrons. The lowest BCUT2D eigenvalue weighted by molar-refractivity contribution is -0.117. The molecule has 1 fully saturated rings. The molecule has 98 valence electrons. The Hall–Kier alpha value is -1.92. The second-order valence-electron chi connectivity index (χ2n) is 4.55. The Morgan fingerprint density at radius 2 is 1.83 bits per heavy atom. The number of aromatic nitrogens is 2. The summed E-state index contributed by atoms with van der Waals surface area (Å²) in [6.07, 6.45) is 5.07. The van der Waals surface area contributed by atoms with E-state index in [1.54, 1.807) is 0 Å². The molecule has 18 heavy (non-hydrogen) atoms. The number of carbonyl (C=O) groups excluding carboxylic acids is 2. The summed E-state index contributed by atoms with van der Waals surface area (Å²) < 4.78 is 4.49. The number of carbonyl (C=O) groups is 2. The van der Waals surface area contributed by atoms with Crippen molar-refractivity contribution in [3.05, 3.63) is 0 Å². The Balaban J connectivity index is 1.89. The van der Waals surface area contributed by atoms with Crippen LogP contribution < -0.4 is 10.6 Å². The normalized spacial score (nSPS) is 15.6. The highest BCUT2D eigenvalue weighted by Crippen LogP contribution is 2.28. The summed E-state index contributed by atoms with van der Waals surface area (Å²) in [5.41, 5.74) is 0. The largest absolute Gasteiger partial charge is 0.305 e. The SMILES string of the molecule is CC(=O)Nc1nonc1NC(=O)CC1CCCC1. The minimum atomic E-state index is -0.294. The molecular formula is C11H16N4O3. The van der Waals surface area contributed by atoms with Gasteiger partial charge in [0.05, 0.1) is 0 Å². The van der Waals surface area contributed by atoms with E-state index in [1.165, 1.54) is 19.8 Å². The predicted octanol–water partition coefficient (Wildman–Crippen LogP) is 1.55. The molecule has 0 atom stereocenters. The molecule has 2 N–H and O–H groups in total. The molecule has 1 heterocycles. The molecule has 2 amide bonds. The third-order valence-corrected chi connectivity index (χ3v) is 2.99. The summed E-state index contributed by atoms with van der Waals surface area (Å²) in [5, 5.41) is 12.1. The Kier molecular flexibility index (Phi) is 3.91. The second kappa shape index (κ2) is 5.61. The molecule has 1 aromatic rings. The van der Waals surface area contributed by atoms with Crippen LogP contribution in [0.5, 0.6) is 0 Å². The third-order valence-electron chi connectivity index (χ3n) is 2.99. The Morgan fingerprint density at radius 1 is 1.22 bits per heavy atom. The number of hydrogen-bond donors (Lipinski definition) is 2. The monoisotopic (exact) mass is 252 g/mol. The van der Waals surface area contributed by atoms with Gasteiger partial charge in [0.15, 0.2) is 0 Å². The molecule has 0 spiro atoms. The highest BCUT2D eigenvalue weighted by Gasteiger charge is 2.20. The van der Waals surface area contributed by atoms with Crippen LogP contribution in [0.3, 0.4) is 0 Å².